The van der Waals surface area contributed by atoms with Crippen LogP contribution in [-0.4, -0.2) is 29.5 Å². The number of aryl methyl sites for hydroxylation is 2. The fourth-order valence-electron chi connectivity index (χ4n) is 4.00. The summed E-state index contributed by atoms with van der Waals surface area (Å²) in [4.78, 5) is 17.9. The average molecular weight is 427 g/mol. The third kappa shape index (κ3) is 4.02. The maximum Gasteiger partial charge on any atom is 0.265 e. The first-order chi connectivity index (χ1) is 15.5. The number of ether oxygens (including phenoxy) is 1. The Hall–Kier alpha value is -3.86. The molecule has 32 heavy (non-hydrogen) atoms. The first-order valence-corrected chi connectivity index (χ1v) is 10.6. The summed E-state index contributed by atoms with van der Waals surface area (Å²) in [6, 6.07) is 21.0. The van der Waals surface area contributed by atoms with Gasteiger partial charge in [0, 0.05) is 23.5 Å². The quantitative estimate of drug-likeness (QED) is 0.442. The molecule has 0 amide bonds. The normalized spacial score (nSPS) is 11.3. The van der Waals surface area contributed by atoms with Crippen LogP contribution in [0.1, 0.15) is 22.3 Å². The van der Waals surface area contributed by atoms with Gasteiger partial charge in [-0.15, -0.1) is 0 Å². The van der Waals surface area contributed by atoms with Crippen molar-refractivity contribution in [3.05, 3.63) is 99.3 Å². The molecule has 0 aliphatic rings. The minimum Gasteiger partial charge on any atom is -0.497 e. The SMILES string of the molecule is COc1ccc(CCN=Cc2c(O)n(-c3c(C)cccc3C)c(=O)c3ccccc23)cc1. The lowest BCUT2D eigenvalue weighted by Crippen LogP contribution is -2.21. The van der Waals surface area contributed by atoms with Crippen LogP contribution in [0.3, 0.4) is 0 Å². The predicted octanol–water partition coefficient (Wildman–Crippen LogP) is 4.98. The summed E-state index contributed by atoms with van der Waals surface area (Å²) in [6.45, 7) is 4.43. The van der Waals surface area contributed by atoms with Gasteiger partial charge in [0.1, 0.15) is 5.75 Å². The van der Waals surface area contributed by atoms with Gasteiger partial charge in [-0.1, -0.05) is 48.5 Å². The summed E-state index contributed by atoms with van der Waals surface area (Å²) >= 11 is 0. The van der Waals surface area contributed by atoms with E-state index in [0.29, 0.717) is 28.6 Å². The molecule has 1 aromatic heterocycles. The van der Waals surface area contributed by atoms with Crippen molar-refractivity contribution < 1.29 is 9.84 Å². The Morgan fingerprint density at radius 3 is 2.25 bits per heavy atom. The van der Waals surface area contributed by atoms with E-state index in [1.165, 1.54) is 4.57 Å². The number of hydrogen-bond acceptors (Lipinski definition) is 4. The van der Waals surface area contributed by atoms with Crippen molar-refractivity contribution in [3.63, 3.8) is 0 Å². The van der Waals surface area contributed by atoms with Crippen LogP contribution < -0.4 is 10.3 Å². The van der Waals surface area contributed by atoms with Gasteiger partial charge in [-0.3, -0.25) is 9.79 Å². The second kappa shape index (κ2) is 9.10. The zero-order valence-corrected chi connectivity index (χ0v) is 18.5. The van der Waals surface area contributed by atoms with E-state index < -0.39 is 0 Å². The smallest absolute Gasteiger partial charge is 0.265 e. The van der Waals surface area contributed by atoms with Crippen molar-refractivity contribution in [1.29, 1.82) is 0 Å². The number of benzene rings is 3. The molecule has 4 rings (SSSR count). The molecule has 0 fully saturated rings. The molecule has 3 aromatic carbocycles. The lowest BCUT2D eigenvalue weighted by Gasteiger charge is -2.17. The molecule has 0 spiro atoms. The van der Waals surface area contributed by atoms with E-state index in [1.807, 2.05) is 74.5 Å². The summed E-state index contributed by atoms with van der Waals surface area (Å²) in [7, 11) is 1.65. The molecule has 0 unspecified atom stereocenters. The standard InChI is InChI=1S/C27H26N2O3/c1-18-7-6-8-19(2)25(18)29-26(30)23-10-5-4-9-22(23)24(27(29)31)17-28-16-15-20-11-13-21(32-3)14-12-20/h4-14,17,31H,15-16H2,1-3H3. The largest absolute Gasteiger partial charge is 0.497 e. The zero-order valence-electron chi connectivity index (χ0n) is 18.5. The molecule has 0 saturated carbocycles. The predicted molar refractivity (Wildman–Crippen MR) is 130 cm³/mol. The minimum atomic E-state index is -0.245. The van der Waals surface area contributed by atoms with E-state index in [4.69, 9.17) is 4.74 Å². The maximum atomic E-state index is 13.3. The number of aliphatic imine (C=N–C) groups is 1. The first kappa shape index (κ1) is 21.4. The lowest BCUT2D eigenvalue weighted by atomic mass is 10.0. The van der Waals surface area contributed by atoms with E-state index in [9.17, 15) is 9.90 Å². The van der Waals surface area contributed by atoms with Crippen LogP contribution in [0.4, 0.5) is 0 Å². The molecule has 162 valence electrons. The van der Waals surface area contributed by atoms with Crippen LogP contribution >= 0.6 is 0 Å². The zero-order chi connectivity index (χ0) is 22.7. The Bertz CT molecular complexity index is 1330. The van der Waals surface area contributed by atoms with Crippen LogP contribution in [-0.2, 0) is 6.42 Å². The van der Waals surface area contributed by atoms with Gasteiger partial charge in [0.15, 0.2) is 0 Å². The Labute approximate surface area is 187 Å². The molecule has 0 aliphatic carbocycles. The summed E-state index contributed by atoms with van der Waals surface area (Å²) < 4.78 is 6.60. The number of para-hydroxylation sites is 1. The molecule has 0 saturated heterocycles. The summed E-state index contributed by atoms with van der Waals surface area (Å²) in [5, 5.41) is 12.4. The molecule has 0 bridgehead atoms. The molecule has 4 aromatic rings. The van der Waals surface area contributed by atoms with Gasteiger partial charge < -0.3 is 9.84 Å². The van der Waals surface area contributed by atoms with Crippen LogP contribution in [0.15, 0.2) is 76.5 Å². The van der Waals surface area contributed by atoms with Crippen LogP contribution in [0.25, 0.3) is 16.5 Å². The number of methoxy groups -OCH3 is 1. The highest BCUT2D eigenvalue weighted by Gasteiger charge is 2.18. The molecule has 0 atom stereocenters. The first-order valence-electron chi connectivity index (χ1n) is 10.6. The molecule has 5 nitrogen and oxygen atoms in total. The lowest BCUT2D eigenvalue weighted by molar-refractivity contribution is 0.414. The van der Waals surface area contributed by atoms with Gasteiger partial charge >= 0.3 is 0 Å². The number of hydrogen-bond donors (Lipinski definition) is 1. The Balaban J connectivity index is 1.75. The Morgan fingerprint density at radius 2 is 1.59 bits per heavy atom. The summed E-state index contributed by atoms with van der Waals surface area (Å²) in [5.74, 6) is 0.724. The molecular weight excluding hydrogens is 400 g/mol. The molecule has 0 aliphatic heterocycles. The number of fused-ring (bicyclic) bond motifs is 1. The summed E-state index contributed by atoms with van der Waals surface area (Å²) in [5.41, 5.74) is 3.98. The molecule has 5 heteroatoms. The van der Waals surface area contributed by atoms with Crippen LogP contribution in [0, 0.1) is 13.8 Å². The number of aromatic hydroxyl groups is 1. The van der Waals surface area contributed by atoms with E-state index in [-0.39, 0.29) is 11.4 Å². The van der Waals surface area contributed by atoms with Crippen molar-refractivity contribution in [2.45, 2.75) is 20.3 Å². The van der Waals surface area contributed by atoms with Crippen molar-refractivity contribution in [2.75, 3.05) is 13.7 Å². The van der Waals surface area contributed by atoms with E-state index in [2.05, 4.69) is 4.99 Å². The van der Waals surface area contributed by atoms with Crippen molar-refractivity contribution in [3.8, 4) is 17.3 Å². The second-order valence-corrected chi connectivity index (χ2v) is 7.80. The van der Waals surface area contributed by atoms with Gasteiger partial charge in [-0.25, -0.2) is 4.57 Å². The Morgan fingerprint density at radius 1 is 0.938 bits per heavy atom. The number of pyridine rings is 1. The average Bonchev–Trinajstić information content (AvgIpc) is 2.81. The van der Waals surface area contributed by atoms with Gasteiger partial charge in [0.05, 0.1) is 18.4 Å². The highest BCUT2D eigenvalue weighted by molar-refractivity contribution is 6.01. The van der Waals surface area contributed by atoms with Crippen LogP contribution in [0.2, 0.25) is 0 Å². The number of rotatable bonds is 6. The fraction of sp³-hybridized carbons (Fsp3) is 0.185. The van der Waals surface area contributed by atoms with Crippen LogP contribution in [0.5, 0.6) is 11.6 Å². The molecule has 0 radical (unpaired) electrons. The maximum absolute atomic E-state index is 13.3. The van der Waals surface area contributed by atoms with Gasteiger partial charge in [-0.2, -0.15) is 0 Å². The van der Waals surface area contributed by atoms with Gasteiger partial charge in [0.25, 0.3) is 5.56 Å². The highest BCUT2D eigenvalue weighted by atomic mass is 16.5. The van der Waals surface area contributed by atoms with E-state index in [0.717, 1.165) is 28.9 Å². The van der Waals surface area contributed by atoms with Crippen molar-refractivity contribution >= 4 is 17.0 Å². The molecular formula is C27H26N2O3. The Kier molecular flexibility index (Phi) is 6.08. The molecule has 1 heterocycles. The third-order valence-corrected chi connectivity index (χ3v) is 5.68. The highest BCUT2D eigenvalue weighted by Crippen LogP contribution is 2.28. The molecule has 1 N–H and O–H groups in total. The number of aromatic nitrogens is 1. The third-order valence-electron chi connectivity index (χ3n) is 5.68. The minimum absolute atomic E-state index is 0.0979. The second-order valence-electron chi connectivity index (χ2n) is 7.80. The number of nitrogens with zero attached hydrogens (tertiary/aromatic N) is 2. The fourth-order valence-corrected chi connectivity index (χ4v) is 4.00. The monoisotopic (exact) mass is 426 g/mol. The topological polar surface area (TPSA) is 63.8 Å². The van der Waals surface area contributed by atoms with Crippen molar-refractivity contribution in [1.82, 2.24) is 4.57 Å². The van der Waals surface area contributed by atoms with E-state index in [1.54, 1.807) is 19.4 Å². The summed E-state index contributed by atoms with van der Waals surface area (Å²) in [6.07, 6.45) is 2.43. The van der Waals surface area contributed by atoms with Crippen molar-refractivity contribution in [2.24, 2.45) is 4.99 Å². The van der Waals surface area contributed by atoms with E-state index >= 15 is 0 Å². The van der Waals surface area contributed by atoms with Gasteiger partial charge in [0.2, 0.25) is 5.88 Å². The van der Waals surface area contributed by atoms with Gasteiger partial charge in [-0.05, 0) is 55.2 Å².